The summed E-state index contributed by atoms with van der Waals surface area (Å²) in [6.45, 7) is 6.65. The summed E-state index contributed by atoms with van der Waals surface area (Å²) in [6, 6.07) is 0. The highest BCUT2D eigenvalue weighted by Gasteiger charge is 2.52. The number of aliphatic hydroxyl groups is 6. The van der Waals surface area contributed by atoms with Crippen LogP contribution in [0, 0.1) is 11.8 Å². The highest BCUT2D eigenvalue weighted by molar-refractivity contribution is 5.80. The molecule has 0 saturated carbocycles. The van der Waals surface area contributed by atoms with Gasteiger partial charge in [0.1, 0.15) is 11.6 Å². The summed E-state index contributed by atoms with van der Waals surface area (Å²) in [5.41, 5.74) is 0. The molecule has 3 aliphatic rings. The minimum Gasteiger partial charge on any atom is -0.461 e. The summed E-state index contributed by atoms with van der Waals surface area (Å²) in [5, 5.41) is 65.2. The molecule has 0 radical (unpaired) electrons. The van der Waals surface area contributed by atoms with E-state index >= 15 is 0 Å². The molecule has 2 saturated heterocycles. The Kier molecular flexibility index (Phi) is 20.6. The lowest BCUT2D eigenvalue weighted by Gasteiger charge is -2.43. The molecule has 12 atom stereocenters. The third kappa shape index (κ3) is 15.8. The first kappa shape index (κ1) is 49.3. The molecule has 6 N–H and O–H groups in total. The fourth-order valence-electron chi connectivity index (χ4n) is 7.45. The maximum Gasteiger partial charge on any atom is 0.340 e. The van der Waals surface area contributed by atoms with E-state index in [1.807, 2.05) is 24.3 Å². The van der Waals surface area contributed by atoms with Gasteiger partial charge in [-0.2, -0.15) is 0 Å². The van der Waals surface area contributed by atoms with Gasteiger partial charge in [0.05, 0.1) is 36.6 Å². The Morgan fingerprint density at radius 2 is 0.810 bits per heavy atom. The second kappa shape index (κ2) is 24.2. The molecule has 0 spiro atoms. The monoisotopic (exact) mass is 820 g/mol. The van der Waals surface area contributed by atoms with E-state index in [4.69, 9.17) is 18.9 Å². The third-order valence-corrected chi connectivity index (χ3v) is 11.2. The molecular weight excluding hydrogens is 752 g/mol. The number of allylic oxidation sites excluding steroid dienone is 8. The largest absolute Gasteiger partial charge is 0.461 e. The molecule has 328 valence electrons. The molecule has 2 fully saturated rings. The summed E-state index contributed by atoms with van der Waals surface area (Å²) < 4.78 is 22.4. The Morgan fingerprint density at radius 1 is 0.483 bits per heavy atom. The number of Topliss-reactive ketones (excluding diaryl/α,β-unsaturated/α-hetero) is 2. The van der Waals surface area contributed by atoms with Gasteiger partial charge in [0, 0.05) is 37.5 Å². The highest BCUT2D eigenvalue weighted by Crippen LogP contribution is 2.38. The summed E-state index contributed by atoms with van der Waals surface area (Å²) in [4.78, 5) is 51.4. The first-order chi connectivity index (χ1) is 27.4. The summed E-state index contributed by atoms with van der Waals surface area (Å²) in [7, 11) is 0. The summed E-state index contributed by atoms with van der Waals surface area (Å²) >= 11 is 0. The molecule has 0 aromatic carbocycles. The number of hydrogen-bond donors (Lipinski definition) is 6. The van der Waals surface area contributed by atoms with Crippen molar-refractivity contribution in [2.45, 2.75) is 191 Å². The predicted molar refractivity (Wildman–Crippen MR) is 214 cm³/mol. The lowest BCUT2D eigenvalue weighted by molar-refractivity contribution is -0.317. The van der Waals surface area contributed by atoms with Gasteiger partial charge < -0.3 is 49.6 Å². The van der Waals surface area contributed by atoms with Gasteiger partial charge in [0.25, 0.3) is 0 Å². The van der Waals surface area contributed by atoms with Gasteiger partial charge in [-0.25, -0.2) is 9.59 Å². The lowest BCUT2D eigenvalue weighted by Crippen LogP contribution is -2.58. The molecule has 58 heavy (non-hydrogen) atoms. The van der Waals surface area contributed by atoms with Crippen LogP contribution in [0.1, 0.15) is 130 Å². The number of carbonyl (C=O) groups is 4. The van der Waals surface area contributed by atoms with Crippen LogP contribution >= 0.6 is 0 Å². The van der Waals surface area contributed by atoms with E-state index in [0.717, 1.165) is 0 Å². The van der Waals surface area contributed by atoms with Gasteiger partial charge in [-0.05, 0) is 90.9 Å². The number of hydrogen-bond acceptors (Lipinski definition) is 14. The Labute approximate surface area is 343 Å². The van der Waals surface area contributed by atoms with E-state index in [2.05, 4.69) is 0 Å². The van der Waals surface area contributed by atoms with E-state index in [9.17, 15) is 49.8 Å². The number of carbonyl (C=O) groups excluding carboxylic acids is 4. The standard InChI is InChI=1S/C44H68O14/c1-29-21-23-37-27-35(47)25-33(45)19-15-11-8-6-10-14-18-32(4)56-42(52)40(50)44(54)30(2)22-24-38(58-44)28-36(48)26-34(46)20-16-12-7-5-9-13-17-31(3)55-41(51)39(49)43(29,53)57-37/h5-12,29-34,37-40,45-46,49-50,53-54H,13-28H2,1-4H3/b9-5-,10-6-,11-8+,12-7+/t29-,30-,31+,32+,33+,34+,37+,38+,39+,40+,43-,44-/m1/s1. The van der Waals surface area contributed by atoms with Crippen LogP contribution in [0.5, 0.6) is 0 Å². The van der Waals surface area contributed by atoms with Crippen molar-refractivity contribution in [1.29, 1.82) is 0 Å². The smallest absolute Gasteiger partial charge is 0.340 e. The molecule has 0 aliphatic carbocycles. The van der Waals surface area contributed by atoms with Gasteiger partial charge >= 0.3 is 11.9 Å². The molecule has 0 unspecified atom stereocenters. The number of cyclic esters (lactones) is 2. The molecule has 3 heterocycles. The van der Waals surface area contributed by atoms with Crippen LogP contribution in [0.25, 0.3) is 0 Å². The van der Waals surface area contributed by atoms with Crippen molar-refractivity contribution in [1.82, 2.24) is 0 Å². The molecule has 0 aromatic heterocycles. The summed E-state index contributed by atoms with van der Waals surface area (Å²) in [6.07, 6.45) is 11.1. The number of esters is 2. The Bertz CT molecular complexity index is 1330. The SMILES string of the molecule is C[C@@H]1CC[C@H]2CC(=O)C[C@@H](O)CC/C=C/C=C\CC[C@H](C)OC(=O)[C@H](O)[C@]3(O)O[C@@H](CC[C@H]3C)CC(=O)C[C@@H](O)CC/C=C/C=C\CC[C@H](C)OC(=O)[C@H](O)[C@]1(O)O2. The van der Waals surface area contributed by atoms with Crippen molar-refractivity contribution in [3.8, 4) is 0 Å². The third-order valence-electron chi connectivity index (χ3n) is 11.2. The Morgan fingerprint density at radius 3 is 1.16 bits per heavy atom. The van der Waals surface area contributed by atoms with Gasteiger partial charge in [-0.15, -0.1) is 0 Å². The molecular formula is C44H68O14. The zero-order chi connectivity index (χ0) is 42.9. The van der Waals surface area contributed by atoms with E-state index in [1.54, 1.807) is 52.0 Å². The van der Waals surface area contributed by atoms with Crippen LogP contribution < -0.4 is 0 Å². The van der Waals surface area contributed by atoms with E-state index in [1.165, 1.54) is 0 Å². The van der Waals surface area contributed by atoms with Crippen LogP contribution in [0.4, 0.5) is 0 Å². The fraction of sp³-hybridized carbons (Fsp3) is 0.727. The number of ketones is 2. The van der Waals surface area contributed by atoms with Crippen LogP contribution in [0.15, 0.2) is 48.6 Å². The molecule has 0 amide bonds. The van der Waals surface area contributed by atoms with Crippen molar-refractivity contribution in [2.75, 3.05) is 0 Å². The molecule has 14 nitrogen and oxygen atoms in total. The molecule has 0 aromatic rings. The van der Waals surface area contributed by atoms with Gasteiger partial charge in [0.15, 0.2) is 0 Å². The molecule has 3 rings (SSSR count). The quantitative estimate of drug-likeness (QED) is 0.187. The van der Waals surface area contributed by atoms with Crippen molar-refractivity contribution in [2.24, 2.45) is 11.8 Å². The first-order valence-corrected chi connectivity index (χ1v) is 21.0. The molecule has 4 bridgehead atoms. The van der Waals surface area contributed by atoms with Crippen LogP contribution in [-0.4, -0.2) is 115 Å². The fourth-order valence-corrected chi connectivity index (χ4v) is 7.45. The molecule has 3 aliphatic heterocycles. The minimum absolute atomic E-state index is 0.0925. The maximum absolute atomic E-state index is 12.9. The molecule has 14 heteroatoms. The van der Waals surface area contributed by atoms with Crippen LogP contribution in [0.2, 0.25) is 0 Å². The first-order valence-electron chi connectivity index (χ1n) is 21.0. The van der Waals surface area contributed by atoms with Gasteiger partial charge in [-0.3, -0.25) is 9.59 Å². The van der Waals surface area contributed by atoms with Gasteiger partial charge in [0.2, 0.25) is 23.8 Å². The maximum atomic E-state index is 12.9. The topological polar surface area (TPSA) is 227 Å². The number of aliphatic hydroxyl groups excluding tert-OH is 4. The van der Waals surface area contributed by atoms with E-state index in [0.29, 0.717) is 77.0 Å². The summed E-state index contributed by atoms with van der Waals surface area (Å²) in [5.74, 6) is -8.28. The van der Waals surface area contributed by atoms with E-state index < -0.39 is 84.2 Å². The van der Waals surface area contributed by atoms with Crippen molar-refractivity contribution < 1.29 is 68.8 Å². The van der Waals surface area contributed by atoms with Crippen molar-refractivity contribution in [3.05, 3.63) is 48.6 Å². The average molecular weight is 821 g/mol. The van der Waals surface area contributed by atoms with Crippen LogP contribution in [-0.2, 0) is 38.1 Å². The minimum atomic E-state index is -2.24. The number of fused-ring (bicyclic) bond motifs is 4. The normalized spacial score (nSPS) is 40.8. The lowest BCUT2D eigenvalue weighted by atomic mass is 9.85. The Balaban J connectivity index is 1.63. The van der Waals surface area contributed by atoms with Crippen molar-refractivity contribution in [3.63, 3.8) is 0 Å². The van der Waals surface area contributed by atoms with Gasteiger partial charge in [-0.1, -0.05) is 62.5 Å². The Hall–Kier alpha value is -3.08. The predicted octanol–water partition coefficient (Wildman–Crippen LogP) is 4.36. The zero-order valence-corrected chi connectivity index (χ0v) is 34.7. The second-order valence-corrected chi connectivity index (χ2v) is 16.5. The highest BCUT2D eigenvalue weighted by atomic mass is 16.7. The second-order valence-electron chi connectivity index (χ2n) is 16.5. The number of ether oxygens (including phenoxy) is 4. The van der Waals surface area contributed by atoms with E-state index in [-0.39, 0.29) is 37.2 Å². The number of rotatable bonds is 0. The van der Waals surface area contributed by atoms with Crippen molar-refractivity contribution >= 4 is 23.5 Å². The van der Waals surface area contributed by atoms with Crippen LogP contribution in [0.3, 0.4) is 0 Å². The zero-order valence-electron chi connectivity index (χ0n) is 34.7. The average Bonchev–Trinajstić information content (AvgIpc) is 3.15.